The largest absolute Gasteiger partial charge is 0.462 e. The van der Waals surface area contributed by atoms with Crippen LogP contribution in [0.5, 0.6) is 5.75 Å². The predicted octanol–water partition coefficient (Wildman–Crippen LogP) is 5.12. The van der Waals surface area contributed by atoms with E-state index < -0.39 is 23.8 Å². The lowest BCUT2D eigenvalue weighted by Crippen LogP contribution is -2.32. The van der Waals surface area contributed by atoms with Crippen LogP contribution in [0.4, 0.5) is 5.00 Å². The summed E-state index contributed by atoms with van der Waals surface area (Å²) in [5, 5.41) is 6.69. The first-order valence-electron chi connectivity index (χ1n) is 12.3. The van der Waals surface area contributed by atoms with Gasteiger partial charge in [-0.15, -0.1) is 11.3 Å². The lowest BCUT2D eigenvalue weighted by Gasteiger charge is -2.18. The summed E-state index contributed by atoms with van der Waals surface area (Å²) in [6.07, 6.45) is 3.81. The monoisotopic (exact) mass is 611 g/mol. The first kappa shape index (κ1) is 28.2. The van der Waals surface area contributed by atoms with E-state index in [0.717, 1.165) is 34.2 Å². The Morgan fingerprint density at radius 3 is 2.46 bits per heavy atom. The van der Waals surface area contributed by atoms with Crippen LogP contribution in [0, 0.1) is 5.92 Å². The third kappa shape index (κ3) is 7.18. The number of halogens is 1. The second kappa shape index (κ2) is 12.8. The molecule has 0 spiro atoms. The molecule has 0 saturated heterocycles. The van der Waals surface area contributed by atoms with Crippen molar-refractivity contribution in [2.45, 2.75) is 33.1 Å². The smallest absolute Gasteiger partial charge is 0.343 e. The molecule has 0 fully saturated rings. The Bertz CT molecular complexity index is 1420. The van der Waals surface area contributed by atoms with Gasteiger partial charge in [0.15, 0.2) is 0 Å². The van der Waals surface area contributed by atoms with Crippen LogP contribution in [0.25, 0.3) is 0 Å². The number of ether oxygens (including phenoxy) is 2. The van der Waals surface area contributed by atoms with E-state index in [2.05, 4.69) is 38.7 Å². The lowest BCUT2D eigenvalue weighted by atomic mass is 9.88. The van der Waals surface area contributed by atoms with Crippen LogP contribution in [0.15, 0.2) is 58.1 Å². The molecule has 11 heteroatoms. The topological polar surface area (TPSA) is 123 Å². The van der Waals surface area contributed by atoms with Crippen molar-refractivity contribution in [3.63, 3.8) is 0 Å². The molecule has 1 aliphatic rings. The highest BCUT2D eigenvalue weighted by Crippen LogP contribution is 2.40. The van der Waals surface area contributed by atoms with Crippen molar-refractivity contribution >= 4 is 62.2 Å². The first-order chi connectivity index (χ1) is 18.7. The highest BCUT2D eigenvalue weighted by atomic mass is 79.9. The first-order valence-corrected chi connectivity index (χ1v) is 13.9. The highest BCUT2D eigenvalue weighted by Gasteiger charge is 2.30. The predicted molar refractivity (Wildman–Crippen MR) is 151 cm³/mol. The Balaban J connectivity index is 1.34. The molecule has 1 aliphatic carbocycles. The Kier molecular flexibility index (Phi) is 9.26. The molecule has 2 aromatic carbocycles. The molecule has 2 amide bonds. The molecule has 1 heterocycles. The fourth-order valence-corrected chi connectivity index (χ4v) is 5.67. The van der Waals surface area contributed by atoms with Gasteiger partial charge in [-0.25, -0.2) is 15.0 Å². The zero-order chi connectivity index (χ0) is 27.9. The average Bonchev–Trinajstić information content (AvgIpc) is 3.26. The Morgan fingerprint density at radius 2 is 1.77 bits per heavy atom. The highest BCUT2D eigenvalue weighted by molar-refractivity contribution is 9.10. The van der Waals surface area contributed by atoms with Crippen LogP contribution in [-0.2, 0) is 27.2 Å². The summed E-state index contributed by atoms with van der Waals surface area (Å²) in [6.45, 7) is 4.06. The van der Waals surface area contributed by atoms with Gasteiger partial charge in [-0.2, -0.15) is 5.10 Å². The number of nitrogens with one attached hydrogen (secondary N) is 2. The van der Waals surface area contributed by atoms with Gasteiger partial charge in [-0.1, -0.05) is 22.9 Å². The molecule has 0 unspecified atom stereocenters. The van der Waals surface area contributed by atoms with Gasteiger partial charge in [0, 0.05) is 9.35 Å². The molecule has 0 aliphatic heterocycles. The molecule has 0 bridgehead atoms. The maximum atomic E-state index is 12.6. The number of rotatable bonds is 7. The van der Waals surface area contributed by atoms with Gasteiger partial charge in [0.05, 0.1) is 23.9 Å². The van der Waals surface area contributed by atoms with Gasteiger partial charge in [0.25, 0.3) is 0 Å². The Labute approximate surface area is 237 Å². The number of carbonyl (C=O) groups is 4. The number of nitrogens with zero attached hydrogens (tertiary/aromatic N) is 1. The second-order valence-corrected chi connectivity index (χ2v) is 10.9. The van der Waals surface area contributed by atoms with Gasteiger partial charge >= 0.3 is 23.8 Å². The molecule has 1 aromatic heterocycles. The van der Waals surface area contributed by atoms with Gasteiger partial charge in [-0.3, -0.25) is 9.59 Å². The normalized spacial score (nSPS) is 14.4. The van der Waals surface area contributed by atoms with Gasteiger partial charge in [0.2, 0.25) is 0 Å². The third-order valence-corrected chi connectivity index (χ3v) is 7.67. The second-order valence-electron chi connectivity index (χ2n) is 8.90. The van der Waals surface area contributed by atoms with Crippen LogP contribution in [0.3, 0.4) is 0 Å². The van der Waals surface area contributed by atoms with Crippen LogP contribution in [0.2, 0.25) is 0 Å². The molecule has 1 atom stereocenters. The number of hydrogen-bond donors (Lipinski definition) is 2. The van der Waals surface area contributed by atoms with Crippen molar-refractivity contribution in [2.24, 2.45) is 11.0 Å². The summed E-state index contributed by atoms with van der Waals surface area (Å²) in [7, 11) is 0. The van der Waals surface area contributed by atoms with Crippen molar-refractivity contribution in [3.8, 4) is 5.75 Å². The number of hydrogen-bond acceptors (Lipinski definition) is 8. The molecule has 2 N–H and O–H groups in total. The van der Waals surface area contributed by atoms with Crippen LogP contribution in [-0.4, -0.2) is 36.6 Å². The van der Waals surface area contributed by atoms with Crippen molar-refractivity contribution in [1.82, 2.24) is 5.43 Å². The summed E-state index contributed by atoms with van der Waals surface area (Å²) < 4.78 is 11.4. The van der Waals surface area contributed by atoms with Gasteiger partial charge in [0.1, 0.15) is 10.8 Å². The Hall–Kier alpha value is -3.83. The van der Waals surface area contributed by atoms with E-state index in [9.17, 15) is 19.2 Å². The van der Waals surface area contributed by atoms with E-state index in [1.807, 2.05) is 0 Å². The summed E-state index contributed by atoms with van der Waals surface area (Å²) in [4.78, 5) is 50.8. The number of esters is 2. The fourth-order valence-electron chi connectivity index (χ4n) is 4.01. The molecule has 0 saturated carbocycles. The third-order valence-electron chi connectivity index (χ3n) is 5.97. The quantitative estimate of drug-likeness (QED) is 0.126. The number of anilines is 1. The summed E-state index contributed by atoms with van der Waals surface area (Å²) in [5.74, 6) is -2.12. The van der Waals surface area contributed by atoms with E-state index in [1.54, 1.807) is 55.5 Å². The van der Waals surface area contributed by atoms with E-state index in [1.165, 1.54) is 17.6 Å². The van der Waals surface area contributed by atoms with Crippen molar-refractivity contribution < 1.29 is 28.7 Å². The minimum Gasteiger partial charge on any atom is -0.462 e. The fraction of sp³-hybridized carbons (Fsp3) is 0.250. The maximum absolute atomic E-state index is 12.6. The number of fused-ring (bicyclic) bond motifs is 1. The van der Waals surface area contributed by atoms with Crippen LogP contribution in [0.1, 0.15) is 57.0 Å². The average molecular weight is 613 g/mol. The summed E-state index contributed by atoms with van der Waals surface area (Å²) in [6, 6.07) is 13.3. The lowest BCUT2D eigenvalue weighted by molar-refractivity contribution is -0.136. The van der Waals surface area contributed by atoms with Crippen LogP contribution < -0.4 is 15.5 Å². The Morgan fingerprint density at radius 1 is 1.05 bits per heavy atom. The number of carbonyl (C=O) groups excluding carboxylic acids is 4. The molecule has 39 heavy (non-hydrogen) atoms. The number of thiophene rings is 1. The molecule has 4 rings (SSSR count). The van der Waals surface area contributed by atoms with Gasteiger partial charge in [-0.05, 0) is 91.8 Å². The van der Waals surface area contributed by atoms with E-state index in [4.69, 9.17) is 9.47 Å². The molecule has 9 nitrogen and oxygen atoms in total. The number of benzene rings is 2. The zero-order valence-electron chi connectivity index (χ0n) is 21.3. The SMILES string of the molecule is CCOC(=O)c1c(NC(=O)C(=O)N/N=C\c2ccc(OC(=O)c3ccc(Br)cc3)cc2)sc2c1CC[C@H](C)C2. The van der Waals surface area contributed by atoms with Crippen molar-refractivity contribution in [1.29, 1.82) is 0 Å². The van der Waals surface area contributed by atoms with E-state index >= 15 is 0 Å². The van der Waals surface area contributed by atoms with Crippen molar-refractivity contribution in [3.05, 3.63) is 80.1 Å². The summed E-state index contributed by atoms with van der Waals surface area (Å²) >= 11 is 4.62. The van der Waals surface area contributed by atoms with E-state index in [-0.39, 0.29) is 6.61 Å². The standard InChI is InChI=1S/C28H26BrN3O6S/c1-3-37-28(36)23-21-13-4-16(2)14-22(21)39-26(23)31-24(33)25(34)32-30-15-17-5-11-20(12-6-17)38-27(35)18-7-9-19(29)10-8-18/h5-12,15-16H,3-4,13-14H2,1-2H3,(H,31,33)(H,32,34)/b30-15-/t16-/m0/s1. The molecular formula is C28H26BrN3O6S. The summed E-state index contributed by atoms with van der Waals surface area (Å²) in [5.41, 5.74) is 4.41. The molecule has 0 radical (unpaired) electrons. The number of amides is 2. The minimum absolute atomic E-state index is 0.205. The minimum atomic E-state index is -0.985. The van der Waals surface area contributed by atoms with Crippen LogP contribution >= 0.6 is 27.3 Å². The molecule has 202 valence electrons. The molecule has 3 aromatic rings. The van der Waals surface area contributed by atoms with Gasteiger partial charge < -0.3 is 14.8 Å². The number of hydrazone groups is 1. The van der Waals surface area contributed by atoms with Crippen molar-refractivity contribution in [2.75, 3.05) is 11.9 Å². The zero-order valence-corrected chi connectivity index (χ0v) is 23.7. The maximum Gasteiger partial charge on any atom is 0.343 e. The van der Waals surface area contributed by atoms with E-state index in [0.29, 0.717) is 33.4 Å². The molecular weight excluding hydrogens is 586 g/mol.